The van der Waals surface area contributed by atoms with Crippen molar-refractivity contribution in [3.8, 4) is 0 Å². The van der Waals surface area contributed by atoms with E-state index in [9.17, 15) is 0 Å². The van der Waals surface area contributed by atoms with Gasteiger partial charge in [-0.3, -0.25) is 0 Å². The molecule has 0 unspecified atom stereocenters. The van der Waals surface area contributed by atoms with Gasteiger partial charge < -0.3 is 24.8 Å². The summed E-state index contributed by atoms with van der Waals surface area (Å²) in [5, 5.41) is 0. The van der Waals surface area contributed by atoms with Gasteiger partial charge in [0, 0.05) is 0 Å². The zero-order valence-corrected chi connectivity index (χ0v) is 9.92. The molecule has 0 aromatic heterocycles. The third-order valence-corrected chi connectivity index (χ3v) is 2.37. The molecule has 0 fully saturated rings. The van der Waals surface area contributed by atoms with Crippen molar-refractivity contribution >= 4 is 0 Å². The van der Waals surface area contributed by atoms with Gasteiger partial charge in [0.25, 0.3) is 0 Å². The molecule has 1 aliphatic carbocycles. The topological polar surface area (TPSA) is 0 Å². The van der Waals surface area contributed by atoms with Crippen LogP contribution in [0.4, 0.5) is 0 Å². The first-order valence-electron chi connectivity index (χ1n) is 3.38. The van der Waals surface area contributed by atoms with E-state index < -0.39 is 0 Å². The van der Waals surface area contributed by atoms with Gasteiger partial charge in [-0.1, -0.05) is 0 Å². The Balaban J connectivity index is 0. The van der Waals surface area contributed by atoms with E-state index in [-0.39, 0.29) is 24.8 Å². The van der Waals surface area contributed by atoms with Crippen molar-refractivity contribution in [2.24, 2.45) is 0 Å². The summed E-state index contributed by atoms with van der Waals surface area (Å²) in [5.41, 5.74) is 0. The van der Waals surface area contributed by atoms with Crippen LogP contribution in [0.1, 0.15) is 25.7 Å². The van der Waals surface area contributed by atoms with Crippen LogP contribution in [0, 0.1) is 0 Å². The molecule has 0 amide bonds. The Hall–Kier alpha value is 0.748. The van der Waals surface area contributed by atoms with Crippen LogP contribution in [-0.4, -0.2) is 0 Å². The maximum atomic E-state index is 2.39. The normalized spacial score (nSPS) is 24.3. The Morgan fingerprint density at radius 1 is 1.18 bits per heavy atom. The Morgan fingerprint density at radius 2 is 1.91 bits per heavy atom. The molecule has 0 aromatic carbocycles. The number of hydrogen-bond donors (Lipinski definition) is 0. The predicted molar refractivity (Wildman–Crippen MR) is 35.7 cm³/mol. The molecule has 0 aromatic rings. The van der Waals surface area contributed by atoms with Crippen LogP contribution < -0.4 is 24.8 Å². The monoisotopic (exact) mass is 372 g/mol. The second kappa shape index (κ2) is 8.84. The van der Waals surface area contributed by atoms with Gasteiger partial charge in [-0.05, 0) is 0 Å². The molecule has 0 atom stereocenters. The van der Waals surface area contributed by atoms with Gasteiger partial charge in [-0.25, -0.2) is 0 Å². The summed E-state index contributed by atoms with van der Waals surface area (Å²) >= 11 is 2.39. The molecule has 0 aliphatic heterocycles. The van der Waals surface area contributed by atoms with E-state index in [1.807, 2.05) is 0 Å². The molecule has 0 radical (unpaired) electrons. The van der Waals surface area contributed by atoms with Crippen LogP contribution in [0.25, 0.3) is 0 Å². The minimum absolute atomic E-state index is 0. The molecule has 0 saturated carbocycles. The summed E-state index contributed by atoms with van der Waals surface area (Å²) < 4.78 is 1.49. The molecule has 67 valence electrons. The molecular formula is C8H11Cl2Pt. The van der Waals surface area contributed by atoms with Crippen LogP contribution in [0.2, 0.25) is 0 Å². The second-order valence-corrected chi connectivity index (χ2v) is 3.71. The fourth-order valence-corrected chi connectivity index (χ4v) is 1.51. The molecule has 11 heavy (non-hydrogen) atoms. The van der Waals surface area contributed by atoms with Gasteiger partial charge in [-0.2, -0.15) is 0 Å². The first-order chi connectivity index (χ1) is 4.39. The molecule has 0 saturated heterocycles. The third-order valence-electron chi connectivity index (χ3n) is 1.42. The van der Waals surface area contributed by atoms with Crippen LogP contribution in [0.15, 0.2) is 22.2 Å². The predicted octanol–water partition coefficient (Wildman–Crippen LogP) is -3.44. The second-order valence-electron chi connectivity index (χ2n) is 2.25. The number of allylic oxidation sites excluding steroid dienone is 4. The van der Waals surface area contributed by atoms with Crippen LogP contribution >= 0.6 is 0 Å². The van der Waals surface area contributed by atoms with Gasteiger partial charge in [0.05, 0.1) is 0 Å². The molecule has 1 rings (SSSR count). The third kappa shape index (κ3) is 7.12. The van der Waals surface area contributed by atoms with Gasteiger partial charge in [0.1, 0.15) is 0 Å². The Morgan fingerprint density at radius 3 is 2.64 bits per heavy atom. The zero-order chi connectivity index (χ0) is 6.53. The van der Waals surface area contributed by atoms with Gasteiger partial charge in [-0.15, -0.1) is 0 Å². The van der Waals surface area contributed by atoms with Gasteiger partial charge in [0.15, 0.2) is 0 Å². The number of halogens is 2. The Bertz CT molecular complexity index is 141. The van der Waals surface area contributed by atoms with Gasteiger partial charge in [0.2, 0.25) is 0 Å². The minimum atomic E-state index is 0. The van der Waals surface area contributed by atoms with E-state index in [0.717, 1.165) is 0 Å². The van der Waals surface area contributed by atoms with Crippen LogP contribution in [0.3, 0.4) is 0 Å². The maximum absolute atomic E-state index is 2.39. The van der Waals surface area contributed by atoms with E-state index in [1.54, 1.807) is 0 Å². The SMILES string of the molecule is [Cl-].[Cl-].[Pt+2]/[C]1=C/C=C\CCCC1. The van der Waals surface area contributed by atoms with Crippen molar-refractivity contribution in [1.82, 2.24) is 0 Å². The van der Waals surface area contributed by atoms with Crippen LogP contribution in [-0.2, 0) is 19.8 Å². The van der Waals surface area contributed by atoms with Crippen molar-refractivity contribution in [3.63, 3.8) is 0 Å². The molecular weight excluding hydrogens is 362 g/mol. The summed E-state index contributed by atoms with van der Waals surface area (Å²) in [6.07, 6.45) is 11.9. The Labute approximate surface area is 92.2 Å². The van der Waals surface area contributed by atoms with Crippen molar-refractivity contribution in [2.45, 2.75) is 25.7 Å². The van der Waals surface area contributed by atoms with E-state index in [0.29, 0.717) is 0 Å². The van der Waals surface area contributed by atoms with E-state index in [4.69, 9.17) is 0 Å². The first kappa shape index (κ1) is 14.3. The molecule has 3 heteroatoms. The van der Waals surface area contributed by atoms with Crippen LogP contribution in [0.5, 0.6) is 0 Å². The molecule has 0 heterocycles. The van der Waals surface area contributed by atoms with E-state index in [1.165, 1.54) is 29.6 Å². The van der Waals surface area contributed by atoms with Crippen molar-refractivity contribution in [2.75, 3.05) is 0 Å². The molecule has 0 bridgehead atoms. The van der Waals surface area contributed by atoms with E-state index >= 15 is 0 Å². The summed E-state index contributed by atoms with van der Waals surface area (Å²) in [4.78, 5) is 0. The number of hydrogen-bond acceptors (Lipinski definition) is 0. The fourth-order valence-electron chi connectivity index (χ4n) is 0.891. The average Bonchev–Trinajstić information content (AvgIpc) is 1.79. The van der Waals surface area contributed by atoms with Gasteiger partial charge >= 0.3 is 67.7 Å². The summed E-state index contributed by atoms with van der Waals surface area (Å²) in [6.45, 7) is 0. The molecule has 0 spiro atoms. The molecule has 1 aliphatic rings. The Kier molecular flexibility index (Phi) is 11.5. The first-order valence-corrected chi connectivity index (χ1v) is 4.51. The molecule has 0 N–H and O–H groups in total. The quantitative estimate of drug-likeness (QED) is 0.415. The zero-order valence-electron chi connectivity index (χ0n) is 6.13. The summed E-state index contributed by atoms with van der Waals surface area (Å²) in [6, 6.07) is 0. The summed E-state index contributed by atoms with van der Waals surface area (Å²) in [5.74, 6) is 0. The van der Waals surface area contributed by atoms with Crippen molar-refractivity contribution in [3.05, 3.63) is 22.2 Å². The number of rotatable bonds is 0. The van der Waals surface area contributed by atoms with Crippen molar-refractivity contribution < 1.29 is 44.6 Å². The van der Waals surface area contributed by atoms with Crippen molar-refractivity contribution in [1.29, 1.82) is 0 Å². The van der Waals surface area contributed by atoms with E-state index in [2.05, 4.69) is 38.0 Å². The standard InChI is InChI=1S/C8H11.2ClH.Pt/c1-2-4-6-8-7-5-3-1;;;/h1-3H,4,6-8H2;2*1H;/q;;;+2/p-2/b2-1-,5-3?;;;. The fraction of sp³-hybridized carbons (Fsp3) is 0.500. The average molecular weight is 373 g/mol. The summed E-state index contributed by atoms with van der Waals surface area (Å²) in [7, 11) is 0. The molecule has 0 nitrogen and oxygen atoms in total.